The topological polar surface area (TPSA) is 69.6 Å². The Kier molecular flexibility index (Phi) is 5.00. The molecule has 0 atom stereocenters. The average Bonchev–Trinajstić information content (AvgIpc) is 2.43. The van der Waals surface area contributed by atoms with Gasteiger partial charge in [-0.3, -0.25) is 4.72 Å². The second-order valence-electron chi connectivity index (χ2n) is 4.76. The molecule has 2 N–H and O–H groups in total. The highest BCUT2D eigenvalue weighted by Crippen LogP contribution is 2.23. The summed E-state index contributed by atoms with van der Waals surface area (Å²) in [5.74, 6) is -0.280. The van der Waals surface area contributed by atoms with E-state index in [2.05, 4.69) is 20.7 Å². The Bertz CT molecular complexity index is 574. The Balaban J connectivity index is 2.05. The van der Waals surface area contributed by atoms with Crippen LogP contribution in [0.15, 0.2) is 22.7 Å². The summed E-state index contributed by atoms with van der Waals surface area (Å²) >= 11 is 3.02. The highest BCUT2D eigenvalue weighted by Gasteiger charge is 2.27. The van der Waals surface area contributed by atoms with E-state index in [-0.39, 0.29) is 17.0 Å². The molecule has 8 heteroatoms. The number of rotatable bonds is 4. The fourth-order valence-corrected chi connectivity index (χ4v) is 3.73. The van der Waals surface area contributed by atoms with Gasteiger partial charge in [0.15, 0.2) is 0 Å². The van der Waals surface area contributed by atoms with Crippen LogP contribution in [0, 0.1) is 11.7 Å². The Labute approximate surface area is 126 Å². The zero-order valence-electron chi connectivity index (χ0n) is 10.7. The van der Waals surface area contributed by atoms with Crippen LogP contribution < -0.4 is 4.72 Å². The zero-order chi connectivity index (χ0) is 14.8. The van der Waals surface area contributed by atoms with Crippen LogP contribution in [0.3, 0.4) is 0 Å². The van der Waals surface area contributed by atoms with Gasteiger partial charge < -0.3 is 5.11 Å². The Hall–Kier alpha value is -0.700. The number of hydrogen-bond acceptors (Lipinski definition) is 3. The monoisotopic (exact) mass is 366 g/mol. The molecule has 112 valence electrons. The lowest BCUT2D eigenvalue weighted by molar-refractivity contribution is 0.170. The molecule has 2 rings (SSSR count). The fourth-order valence-electron chi connectivity index (χ4n) is 2.11. The molecule has 1 aromatic carbocycles. The van der Waals surface area contributed by atoms with Crippen LogP contribution in [0.5, 0.6) is 0 Å². The summed E-state index contributed by atoms with van der Waals surface area (Å²) in [6.07, 6.45) is 1.29. The summed E-state index contributed by atoms with van der Waals surface area (Å²) < 4.78 is 41.5. The van der Waals surface area contributed by atoms with Crippen molar-refractivity contribution >= 4 is 31.8 Å². The molecular weight excluding hydrogens is 351 g/mol. The van der Waals surface area contributed by atoms with Crippen molar-refractivity contribution in [2.75, 3.05) is 24.4 Å². The number of piperidine rings is 1. The first-order valence-corrected chi connectivity index (χ1v) is 8.49. The van der Waals surface area contributed by atoms with Crippen LogP contribution in [-0.2, 0) is 10.2 Å². The molecule has 1 fully saturated rings. The second-order valence-corrected chi connectivity index (χ2v) is 7.29. The molecule has 1 aliphatic heterocycles. The van der Waals surface area contributed by atoms with Crippen molar-refractivity contribution in [2.45, 2.75) is 12.8 Å². The summed E-state index contributed by atoms with van der Waals surface area (Å²) in [6, 6.07) is 3.95. The quantitative estimate of drug-likeness (QED) is 0.855. The molecule has 5 nitrogen and oxygen atoms in total. The van der Waals surface area contributed by atoms with E-state index in [9.17, 15) is 12.8 Å². The first kappa shape index (κ1) is 15.7. The molecule has 0 radical (unpaired) electrons. The lowest BCUT2D eigenvalue weighted by Gasteiger charge is -2.30. The SMILES string of the molecule is O=S(=O)(Nc1ccc(F)c(Br)c1)N1CCC(CO)CC1. The van der Waals surface area contributed by atoms with Gasteiger partial charge in [0.2, 0.25) is 0 Å². The number of aliphatic hydroxyl groups is 1. The maximum absolute atomic E-state index is 13.1. The van der Waals surface area contributed by atoms with E-state index in [1.54, 1.807) is 0 Å². The summed E-state index contributed by atoms with van der Waals surface area (Å²) in [5, 5.41) is 9.05. The number of anilines is 1. The smallest absolute Gasteiger partial charge is 0.301 e. The highest BCUT2D eigenvalue weighted by atomic mass is 79.9. The highest BCUT2D eigenvalue weighted by molar-refractivity contribution is 9.10. The summed E-state index contributed by atoms with van der Waals surface area (Å²) in [4.78, 5) is 0. The van der Waals surface area contributed by atoms with Crippen molar-refractivity contribution in [1.82, 2.24) is 4.31 Å². The van der Waals surface area contributed by atoms with Crippen molar-refractivity contribution in [2.24, 2.45) is 5.92 Å². The molecule has 1 aromatic rings. The third-order valence-electron chi connectivity index (χ3n) is 3.34. The Morgan fingerprint density at radius 1 is 1.40 bits per heavy atom. The van der Waals surface area contributed by atoms with Crippen LogP contribution in [0.1, 0.15) is 12.8 Å². The van der Waals surface area contributed by atoms with Crippen LogP contribution in [0.4, 0.5) is 10.1 Å². The number of halogens is 2. The van der Waals surface area contributed by atoms with Gasteiger partial charge in [-0.05, 0) is 52.9 Å². The first-order chi connectivity index (χ1) is 9.42. The second kappa shape index (κ2) is 6.38. The first-order valence-electron chi connectivity index (χ1n) is 6.26. The average molecular weight is 367 g/mol. The molecule has 0 unspecified atom stereocenters. The van der Waals surface area contributed by atoms with Gasteiger partial charge in [0.05, 0.1) is 10.2 Å². The minimum absolute atomic E-state index is 0.0895. The molecule has 1 heterocycles. The molecule has 0 saturated carbocycles. The molecule has 20 heavy (non-hydrogen) atoms. The van der Waals surface area contributed by atoms with E-state index >= 15 is 0 Å². The summed E-state index contributed by atoms with van der Waals surface area (Å²) in [7, 11) is -3.64. The van der Waals surface area contributed by atoms with Crippen molar-refractivity contribution in [3.63, 3.8) is 0 Å². The Morgan fingerprint density at radius 2 is 2.05 bits per heavy atom. The van der Waals surface area contributed by atoms with Crippen molar-refractivity contribution in [1.29, 1.82) is 0 Å². The number of nitrogens with zero attached hydrogens (tertiary/aromatic N) is 1. The van der Waals surface area contributed by atoms with Crippen molar-refractivity contribution < 1.29 is 17.9 Å². The number of benzene rings is 1. The van der Waals surface area contributed by atoms with Crippen LogP contribution in [-0.4, -0.2) is 37.5 Å². The third kappa shape index (κ3) is 3.69. The molecule has 1 saturated heterocycles. The fraction of sp³-hybridized carbons (Fsp3) is 0.500. The molecule has 0 spiro atoms. The molecule has 0 aromatic heterocycles. The van der Waals surface area contributed by atoms with E-state index in [1.165, 1.54) is 22.5 Å². The van der Waals surface area contributed by atoms with E-state index in [1.807, 2.05) is 0 Å². The van der Waals surface area contributed by atoms with Crippen LogP contribution in [0.25, 0.3) is 0 Å². The maximum Gasteiger partial charge on any atom is 0.301 e. The van der Waals surface area contributed by atoms with E-state index in [0.29, 0.717) is 31.6 Å². The zero-order valence-corrected chi connectivity index (χ0v) is 13.1. The Morgan fingerprint density at radius 3 is 2.60 bits per heavy atom. The van der Waals surface area contributed by atoms with Crippen LogP contribution >= 0.6 is 15.9 Å². The van der Waals surface area contributed by atoms with Crippen LogP contribution in [0.2, 0.25) is 0 Å². The summed E-state index contributed by atoms with van der Waals surface area (Å²) in [5.41, 5.74) is 0.308. The van der Waals surface area contributed by atoms with Gasteiger partial charge in [-0.1, -0.05) is 0 Å². The van der Waals surface area contributed by atoms with Crippen molar-refractivity contribution in [3.05, 3.63) is 28.5 Å². The minimum atomic E-state index is -3.64. The summed E-state index contributed by atoms with van der Waals surface area (Å²) in [6.45, 7) is 0.845. The lowest BCUT2D eigenvalue weighted by Crippen LogP contribution is -2.42. The molecule has 0 bridgehead atoms. The van der Waals surface area contributed by atoms with Gasteiger partial charge in [0.25, 0.3) is 0 Å². The number of aliphatic hydroxyl groups excluding tert-OH is 1. The van der Waals surface area contributed by atoms with E-state index in [4.69, 9.17) is 5.11 Å². The molecule has 1 aliphatic rings. The minimum Gasteiger partial charge on any atom is -0.396 e. The number of nitrogens with one attached hydrogen (secondary N) is 1. The predicted octanol–water partition coefficient (Wildman–Crippen LogP) is 1.95. The largest absolute Gasteiger partial charge is 0.396 e. The van der Waals surface area contributed by atoms with Gasteiger partial charge in [0, 0.05) is 19.7 Å². The standard InChI is InChI=1S/C12H16BrFN2O3S/c13-11-7-10(1-2-12(11)14)15-20(18,19)16-5-3-9(8-17)4-6-16/h1-2,7,9,15,17H,3-6,8H2. The van der Waals surface area contributed by atoms with E-state index in [0.717, 1.165) is 0 Å². The number of hydrogen-bond donors (Lipinski definition) is 2. The normalized spacial score (nSPS) is 18.1. The third-order valence-corrected chi connectivity index (χ3v) is 5.48. The molecule has 0 amide bonds. The van der Waals surface area contributed by atoms with Gasteiger partial charge in [-0.15, -0.1) is 0 Å². The van der Waals surface area contributed by atoms with Gasteiger partial charge in [-0.25, -0.2) is 4.39 Å². The van der Waals surface area contributed by atoms with Gasteiger partial charge in [-0.2, -0.15) is 12.7 Å². The lowest BCUT2D eigenvalue weighted by atomic mass is 10.00. The van der Waals surface area contributed by atoms with Gasteiger partial charge >= 0.3 is 10.2 Å². The molecular formula is C12H16BrFN2O3S. The van der Waals surface area contributed by atoms with Gasteiger partial charge in [0.1, 0.15) is 5.82 Å². The van der Waals surface area contributed by atoms with Crippen molar-refractivity contribution in [3.8, 4) is 0 Å². The maximum atomic E-state index is 13.1. The molecule has 0 aliphatic carbocycles. The van der Waals surface area contributed by atoms with E-state index < -0.39 is 16.0 Å². The predicted molar refractivity (Wildman–Crippen MR) is 78.0 cm³/mol.